The fraction of sp³-hybridized carbons (Fsp3) is 0.0833. The van der Waals surface area contributed by atoms with Crippen LogP contribution in [0.15, 0.2) is 81.4 Å². The van der Waals surface area contributed by atoms with Crippen molar-refractivity contribution >= 4 is 34.1 Å². The van der Waals surface area contributed by atoms with Crippen molar-refractivity contribution in [1.29, 1.82) is 0 Å². The highest BCUT2D eigenvalue weighted by Crippen LogP contribution is 2.23. The number of aromatic amines is 1. The van der Waals surface area contributed by atoms with E-state index in [0.717, 1.165) is 16.3 Å². The monoisotopic (exact) mass is 440 g/mol. The van der Waals surface area contributed by atoms with Gasteiger partial charge in [0.2, 0.25) is 5.95 Å². The minimum Gasteiger partial charge on any atom is -0.507 e. The number of phenolic OH excluding ortho intramolecular Hbond substituents is 1. The van der Waals surface area contributed by atoms with Gasteiger partial charge in [0.1, 0.15) is 5.75 Å². The number of aromatic nitrogens is 4. The molecular formula is C24H20N6O3. The van der Waals surface area contributed by atoms with Crippen LogP contribution < -0.4 is 16.7 Å². The first kappa shape index (κ1) is 20.3. The molecule has 3 N–H and O–H groups in total. The van der Waals surface area contributed by atoms with Crippen molar-refractivity contribution in [2.75, 3.05) is 5.43 Å². The molecular weight excluding hydrogens is 420 g/mol. The Kier molecular flexibility index (Phi) is 4.98. The number of para-hydroxylation sites is 1. The van der Waals surface area contributed by atoms with Crippen molar-refractivity contribution in [1.82, 2.24) is 19.1 Å². The highest BCUT2D eigenvalue weighted by atomic mass is 16.3. The summed E-state index contributed by atoms with van der Waals surface area (Å²) in [5.74, 6) is 0.377. The number of phenols is 1. The molecule has 0 bridgehead atoms. The number of hydrogen-bond donors (Lipinski definition) is 3. The average Bonchev–Trinajstić information content (AvgIpc) is 3.18. The summed E-state index contributed by atoms with van der Waals surface area (Å²) in [5, 5.41) is 16.3. The normalized spacial score (nSPS) is 11.5. The zero-order chi connectivity index (χ0) is 22.9. The molecule has 0 aliphatic rings. The smallest absolute Gasteiger partial charge is 0.329 e. The van der Waals surface area contributed by atoms with Gasteiger partial charge in [0, 0.05) is 12.6 Å². The lowest BCUT2D eigenvalue weighted by Gasteiger charge is -2.11. The summed E-state index contributed by atoms with van der Waals surface area (Å²) < 4.78 is 2.98. The lowest BCUT2D eigenvalue weighted by Crippen LogP contribution is -2.29. The average molecular weight is 440 g/mol. The molecule has 0 fully saturated rings. The number of fused-ring (bicyclic) bond motifs is 2. The number of nitrogens with one attached hydrogen (secondary N) is 2. The van der Waals surface area contributed by atoms with E-state index in [1.165, 1.54) is 10.8 Å². The SMILES string of the molecule is Cn1c(=O)[nH]c(=O)c2c1nc(N/N=C\c1ccccc1O)n2Cc1cccc2ccccc12. The van der Waals surface area contributed by atoms with Gasteiger partial charge in [0.05, 0.1) is 12.8 Å². The number of anilines is 1. The Bertz CT molecular complexity index is 1640. The Balaban J connectivity index is 1.64. The quantitative estimate of drug-likeness (QED) is 0.287. The Morgan fingerprint density at radius 2 is 1.82 bits per heavy atom. The number of imidazole rings is 1. The largest absolute Gasteiger partial charge is 0.507 e. The zero-order valence-electron chi connectivity index (χ0n) is 17.7. The molecule has 9 nitrogen and oxygen atoms in total. The van der Waals surface area contributed by atoms with Crippen LogP contribution in [0.25, 0.3) is 21.9 Å². The Morgan fingerprint density at radius 1 is 1.06 bits per heavy atom. The van der Waals surface area contributed by atoms with E-state index in [9.17, 15) is 14.7 Å². The molecule has 5 rings (SSSR count). The van der Waals surface area contributed by atoms with E-state index in [-0.39, 0.29) is 22.9 Å². The summed E-state index contributed by atoms with van der Waals surface area (Å²) in [4.78, 5) is 31.7. The maximum atomic E-state index is 12.8. The Morgan fingerprint density at radius 3 is 2.67 bits per heavy atom. The number of rotatable bonds is 5. The first-order valence-electron chi connectivity index (χ1n) is 10.3. The molecule has 0 saturated heterocycles. The van der Waals surface area contributed by atoms with Gasteiger partial charge in [-0.2, -0.15) is 10.1 Å². The third-order valence-corrected chi connectivity index (χ3v) is 5.52. The number of hydrogen-bond acceptors (Lipinski definition) is 6. The van der Waals surface area contributed by atoms with Crippen molar-refractivity contribution in [3.05, 3.63) is 98.7 Å². The lowest BCUT2D eigenvalue weighted by molar-refractivity contribution is 0.474. The topological polar surface area (TPSA) is 117 Å². The number of H-pyrrole nitrogens is 1. The molecule has 0 aliphatic carbocycles. The zero-order valence-corrected chi connectivity index (χ0v) is 17.7. The van der Waals surface area contributed by atoms with Gasteiger partial charge in [-0.1, -0.05) is 54.6 Å². The lowest BCUT2D eigenvalue weighted by atomic mass is 10.0. The molecule has 0 saturated carbocycles. The third kappa shape index (κ3) is 3.65. The molecule has 5 aromatic rings. The summed E-state index contributed by atoms with van der Waals surface area (Å²) in [7, 11) is 1.55. The van der Waals surface area contributed by atoms with Crippen LogP contribution >= 0.6 is 0 Å². The van der Waals surface area contributed by atoms with Crippen LogP contribution in [0.5, 0.6) is 5.75 Å². The second kappa shape index (κ2) is 8.12. The highest BCUT2D eigenvalue weighted by Gasteiger charge is 2.18. The standard InChI is InChI=1S/C24H20N6O3/c1-29-21-20(22(32)27-24(29)33)30(14-17-10-6-9-15-7-2-4-11-18(15)17)23(26-21)28-25-13-16-8-3-5-12-19(16)31/h2-13,31H,14H2,1H3,(H,26,28)(H,27,32,33)/b25-13-. The van der Waals surface area contributed by atoms with Crippen LogP contribution in [0.4, 0.5) is 5.95 Å². The number of hydrazone groups is 1. The van der Waals surface area contributed by atoms with E-state index in [1.54, 1.807) is 35.9 Å². The van der Waals surface area contributed by atoms with Crippen LogP contribution in [0, 0.1) is 0 Å². The molecule has 0 radical (unpaired) electrons. The van der Waals surface area contributed by atoms with E-state index in [2.05, 4.69) is 20.5 Å². The molecule has 3 aromatic carbocycles. The minimum atomic E-state index is -0.549. The fourth-order valence-corrected chi connectivity index (χ4v) is 3.83. The number of aryl methyl sites for hydroxylation is 1. The van der Waals surface area contributed by atoms with Gasteiger partial charge < -0.3 is 5.11 Å². The summed E-state index contributed by atoms with van der Waals surface area (Å²) >= 11 is 0. The summed E-state index contributed by atoms with van der Waals surface area (Å²) in [5.41, 5.74) is 3.78. The van der Waals surface area contributed by atoms with Crippen molar-refractivity contribution in [3.63, 3.8) is 0 Å². The molecule has 0 aliphatic heterocycles. The molecule has 2 heterocycles. The van der Waals surface area contributed by atoms with Crippen LogP contribution in [0.1, 0.15) is 11.1 Å². The first-order chi connectivity index (χ1) is 16.0. The predicted molar refractivity (Wildman–Crippen MR) is 128 cm³/mol. The van der Waals surface area contributed by atoms with E-state index >= 15 is 0 Å². The maximum absolute atomic E-state index is 12.8. The second-order valence-electron chi connectivity index (χ2n) is 7.58. The molecule has 0 spiro atoms. The van der Waals surface area contributed by atoms with Crippen LogP contribution in [-0.4, -0.2) is 30.4 Å². The number of nitrogens with zero attached hydrogens (tertiary/aromatic N) is 4. The summed E-state index contributed by atoms with van der Waals surface area (Å²) in [6.45, 7) is 0.327. The molecule has 9 heteroatoms. The summed E-state index contributed by atoms with van der Waals surface area (Å²) in [6, 6.07) is 20.7. The molecule has 0 atom stereocenters. The van der Waals surface area contributed by atoms with E-state index in [4.69, 9.17) is 0 Å². The van der Waals surface area contributed by atoms with E-state index in [1.807, 2.05) is 42.5 Å². The predicted octanol–water partition coefficient (Wildman–Crippen LogP) is 2.78. The van der Waals surface area contributed by atoms with Crippen molar-refractivity contribution < 1.29 is 5.11 Å². The molecule has 0 amide bonds. The first-order valence-corrected chi connectivity index (χ1v) is 10.3. The second-order valence-corrected chi connectivity index (χ2v) is 7.58. The van der Waals surface area contributed by atoms with Crippen molar-refractivity contribution in [2.24, 2.45) is 12.1 Å². The van der Waals surface area contributed by atoms with Gasteiger partial charge >= 0.3 is 5.69 Å². The molecule has 164 valence electrons. The van der Waals surface area contributed by atoms with Crippen LogP contribution in [0.2, 0.25) is 0 Å². The van der Waals surface area contributed by atoms with Crippen LogP contribution in [-0.2, 0) is 13.6 Å². The Hall–Kier alpha value is -4.66. The van der Waals surface area contributed by atoms with Gasteiger partial charge in [-0.15, -0.1) is 0 Å². The highest BCUT2D eigenvalue weighted by molar-refractivity contribution is 5.86. The van der Waals surface area contributed by atoms with Gasteiger partial charge in [-0.05, 0) is 28.5 Å². The maximum Gasteiger partial charge on any atom is 0.329 e. The summed E-state index contributed by atoms with van der Waals surface area (Å²) in [6.07, 6.45) is 1.46. The van der Waals surface area contributed by atoms with Crippen molar-refractivity contribution in [2.45, 2.75) is 6.54 Å². The van der Waals surface area contributed by atoms with Gasteiger partial charge in [-0.3, -0.25) is 18.9 Å². The molecule has 33 heavy (non-hydrogen) atoms. The fourth-order valence-electron chi connectivity index (χ4n) is 3.83. The van der Waals surface area contributed by atoms with Gasteiger partial charge in [0.25, 0.3) is 5.56 Å². The molecule has 0 unspecified atom stereocenters. The van der Waals surface area contributed by atoms with Gasteiger partial charge in [-0.25, -0.2) is 10.2 Å². The number of benzene rings is 3. The van der Waals surface area contributed by atoms with Crippen LogP contribution in [0.3, 0.4) is 0 Å². The van der Waals surface area contributed by atoms with Gasteiger partial charge in [0.15, 0.2) is 11.2 Å². The van der Waals surface area contributed by atoms with E-state index < -0.39 is 11.2 Å². The number of aromatic hydroxyl groups is 1. The minimum absolute atomic E-state index is 0.0890. The van der Waals surface area contributed by atoms with Crippen molar-refractivity contribution in [3.8, 4) is 5.75 Å². The third-order valence-electron chi connectivity index (χ3n) is 5.52. The van der Waals surface area contributed by atoms with E-state index in [0.29, 0.717) is 12.1 Å². The Labute approximate surface area is 187 Å². The molecule has 2 aromatic heterocycles.